The number of thiol groups is 1. The van der Waals surface area contributed by atoms with Gasteiger partial charge in [0.2, 0.25) is 0 Å². The van der Waals surface area contributed by atoms with Crippen LogP contribution in [0.4, 0.5) is 0 Å². The lowest BCUT2D eigenvalue weighted by molar-refractivity contribution is 1.10. The van der Waals surface area contributed by atoms with Gasteiger partial charge in [0.05, 0.1) is 0 Å². The van der Waals surface area contributed by atoms with Crippen molar-refractivity contribution in [2.45, 2.75) is 0 Å². The van der Waals surface area contributed by atoms with Gasteiger partial charge in [-0.05, 0) is 5.57 Å². The molecule has 0 amide bonds. The molecule has 1 nitrogen and oxygen atoms in total. The van der Waals surface area contributed by atoms with Gasteiger partial charge in [-0.2, -0.15) is 0 Å². The monoisotopic (exact) mass is 141 g/mol. The highest BCUT2D eigenvalue weighted by molar-refractivity contribution is 7.78. The van der Waals surface area contributed by atoms with E-state index in [0.717, 1.165) is 5.57 Å². The molecule has 1 N–H and O–H groups in total. The topological polar surface area (TPSA) is 12.0 Å². The molecule has 0 rings (SSSR count). The summed E-state index contributed by atoms with van der Waals surface area (Å²) in [6, 6.07) is 0. The van der Waals surface area contributed by atoms with Gasteiger partial charge < -0.3 is 0 Å². The van der Waals surface area contributed by atoms with Crippen molar-refractivity contribution in [3.05, 3.63) is 37.0 Å². The van der Waals surface area contributed by atoms with E-state index in [4.69, 9.17) is 0 Å². The Bertz CT molecular complexity index is 127. The molecule has 0 fully saturated rings. The van der Waals surface area contributed by atoms with Gasteiger partial charge in [0.1, 0.15) is 0 Å². The second kappa shape index (κ2) is 5.66. The van der Waals surface area contributed by atoms with Crippen LogP contribution in [0.5, 0.6) is 0 Å². The molecule has 2 heteroatoms. The summed E-state index contributed by atoms with van der Waals surface area (Å²) in [4.78, 5) is 0. The lowest BCUT2D eigenvalue weighted by Crippen LogP contribution is -2.01. The summed E-state index contributed by atoms with van der Waals surface area (Å²) in [5, 5.41) is 0. The standard InChI is InChI=1S/C7H11NS/c1-3-4-5-7(2)6-8-9/h3-5,8-9H,1-2,6H2/b5-4-. The van der Waals surface area contributed by atoms with Gasteiger partial charge in [-0.15, -0.1) is 0 Å². The lowest BCUT2D eigenvalue weighted by atomic mass is 10.3. The molecule has 0 saturated carbocycles. The molecule has 0 saturated heterocycles. The Morgan fingerprint density at radius 3 is 2.78 bits per heavy atom. The van der Waals surface area contributed by atoms with Crippen LogP contribution in [0.25, 0.3) is 0 Å². The zero-order valence-electron chi connectivity index (χ0n) is 5.30. The molecule has 0 aromatic heterocycles. The first kappa shape index (κ1) is 8.53. The quantitative estimate of drug-likeness (QED) is 0.449. The van der Waals surface area contributed by atoms with E-state index < -0.39 is 0 Å². The van der Waals surface area contributed by atoms with Gasteiger partial charge in [-0.1, -0.05) is 44.2 Å². The predicted octanol–water partition coefficient (Wildman–Crippen LogP) is 1.72. The molecule has 0 aliphatic rings. The third-order valence-corrected chi connectivity index (χ3v) is 0.932. The van der Waals surface area contributed by atoms with Crippen LogP contribution in [0, 0.1) is 0 Å². The third-order valence-electron chi connectivity index (χ3n) is 0.774. The number of nitrogens with one attached hydrogen (secondary N) is 1. The summed E-state index contributed by atoms with van der Waals surface area (Å²) in [7, 11) is 0. The molecule has 9 heavy (non-hydrogen) atoms. The van der Waals surface area contributed by atoms with Crippen LogP contribution in [0.3, 0.4) is 0 Å². The first-order valence-electron chi connectivity index (χ1n) is 2.65. The van der Waals surface area contributed by atoms with Crippen LogP contribution >= 0.6 is 12.8 Å². The molecule has 0 spiro atoms. The Balaban J connectivity index is 3.49. The molecular formula is C7H11NS. The van der Waals surface area contributed by atoms with Crippen molar-refractivity contribution >= 4 is 12.8 Å². The summed E-state index contributed by atoms with van der Waals surface area (Å²) in [5.74, 6) is 0. The minimum Gasteiger partial charge on any atom is -0.262 e. The van der Waals surface area contributed by atoms with Crippen molar-refractivity contribution in [1.29, 1.82) is 0 Å². The molecule has 0 aromatic carbocycles. The molecule has 0 heterocycles. The zero-order valence-corrected chi connectivity index (χ0v) is 6.20. The number of rotatable bonds is 4. The van der Waals surface area contributed by atoms with E-state index in [1.807, 2.05) is 12.2 Å². The summed E-state index contributed by atoms with van der Waals surface area (Å²) in [6.07, 6.45) is 5.44. The van der Waals surface area contributed by atoms with Crippen LogP contribution in [-0.2, 0) is 0 Å². The highest BCUT2D eigenvalue weighted by Crippen LogP contribution is 1.89. The third kappa shape index (κ3) is 5.40. The molecule has 0 aliphatic carbocycles. The molecule has 0 bridgehead atoms. The molecule has 0 unspecified atom stereocenters. The van der Waals surface area contributed by atoms with Crippen LogP contribution < -0.4 is 4.72 Å². The van der Waals surface area contributed by atoms with Crippen LogP contribution in [0.15, 0.2) is 37.0 Å². The average Bonchev–Trinajstić information content (AvgIpc) is 1.85. The first-order valence-corrected chi connectivity index (χ1v) is 3.10. The van der Waals surface area contributed by atoms with Crippen molar-refractivity contribution in [1.82, 2.24) is 4.72 Å². The van der Waals surface area contributed by atoms with E-state index in [1.165, 1.54) is 0 Å². The van der Waals surface area contributed by atoms with E-state index >= 15 is 0 Å². The minimum atomic E-state index is 0.702. The Morgan fingerprint density at radius 1 is 1.67 bits per heavy atom. The Hall–Kier alpha value is -0.470. The molecule has 50 valence electrons. The molecular weight excluding hydrogens is 130 g/mol. The highest BCUT2D eigenvalue weighted by Gasteiger charge is 1.81. The molecule has 0 aromatic rings. The van der Waals surface area contributed by atoms with Gasteiger partial charge in [-0.3, -0.25) is 4.72 Å². The van der Waals surface area contributed by atoms with Crippen LogP contribution in [0.2, 0.25) is 0 Å². The smallest absolute Gasteiger partial charge is 0.0301 e. The van der Waals surface area contributed by atoms with Crippen molar-refractivity contribution in [3.63, 3.8) is 0 Å². The van der Waals surface area contributed by atoms with Gasteiger partial charge >= 0.3 is 0 Å². The highest BCUT2D eigenvalue weighted by atomic mass is 32.1. The number of allylic oxidation sites excluding steroid dienone is 2. The fourth-order valence-corrected chi connectivity index (χ4v) is 0.568. The summed E-state index contributed by atoms with van der Waals surface area (Å²) >= 11 is 3.81. The van der Waals surface area contributed by atoms with E-state index in [9.17, 15) is 0 Å². The van der Waals surface area contributed by atoms with E-state index in [0.29, 0.717) is 6.54 Å². The van der Waals surface area contributed by atoms with Crippen LogP contribution in [-0.4, -0.2) is 6.54 Å². The summed E-state index contributed by atoms with van der Waals surface area (Å²) in [5.41, 5.74) is 0.991. The Labute approximate surface area is 61.7 Å². The van der Waals surface area contributed by atoms with Crippen molar-refractivity contribution in [2.75, 3.05) is 6.54 Å². The summed E-state index contributed by atoms with van der Waals surface area (Å²) < 4.78 is 2.69. The maximum Gasteiger partial charge on any atom is 0.0301 e. The second-order valence-electron chi connectivity index (χ2n) is 1.59. The second-order valence-corrected chi connectivity index (χ2v) is 1.90. The van der Waals surface area contributed by atoms with E-state index in [1.54, 1.807) is 6.08 Å². The Morgan fingerprint density at radius 2 is 2.33 bits per heavy atom. The number of hydrogen-bond acceptors (Lipinski definition) is 2. The fraction of sp³-hybridized carbons (Fsp3) is 0.143. The average molecular weight is 141 g/mol. The minimum absolute atomic E-state index is 0.702. The lowest BCUT2D eigenvalue weighted by Gasteiger charge is -1.93. The SMILES string of the molecule is C=C/C=C\C(=C)CNS. The Kier molecular flexibility index (Phi) is 5.37. The first-order chi connectivity index (χ1) is 4.31. The van der Waals surface area contributed by atoms with Crippen LogP contribution in [0.1, 0.15) is 0 Å². The molecule has 0 aliphatic heterocycles. The molecule has 0 radical (unpaired) electrons. The zero-order chi connectivity index (χ0) is 7.11. The largest absolute Gasteiger partial charge is 0.262 e. The molecule has 0 atom stereocenters. The van der Waals surface area contributed by atoms with Crippen molar-refractivity contribution in [3.8, 4) is 0 Å². The van der Waals surface area contributed by atoms with Crippen molar-refractivity contribution in [2.24, 2.45) is 0 Å². The normalized spacial score (nSPS) is 9.89. The number of hydrogen-bond donors (Lipinski definition) is 2. The summed E-state index contributed by atoms with van der Waals surface area (Å²) in [6.45, 7) is 7.96. The van der Waals surface area contributed by atoms with Gasteiger partial charge in [0, 0.05) is 6.54 Å². The van der Waals surface area contributed by atoms with E-state index in [-0.39, 0.29) is 0 Å². The maximum atomic E-state index is 3.81. The fourth-order valence-electron chi connectivity index (χ4n) is 0.365. The van der Waals surface area contributed by atoms with Gasteiger partial charge in [-0.25, -0.2) is 0 Å². The van der Waals surface area contributed by atoms with Gasteiger partial charge in [0.25, 0.3) is 0 Å². The van der Waals surface area contributed by atoms with Crippen molar-refractivity contribution < 1.29 is 0 Å². The maximum absolute atomic E-state index is 3.81. The van der Waals surface area contributed by atoms with E-state index in [2.05, 4.69) is 30.7 Å². The van der Waals surface area contributed by atoms with Gasteiger partial charge in [0.15, 0.2) is 0 Å². The predicted molar refractivity (Wildman–Crippen MR) is 45.5 cm³/mol.